The molecule has 4 unspecified atom stereocenters. The standard InChI is InChI=1S/C16H28O2S4/c17-7-13-9-19-15(21-13)5-11-1-2-12(4-3-11)6-16-20-10-14(8-18)22-16/h11-18H,1-10H2. The third-order valence-electron chi connectivity index (χ3n) is 5.05. The van der Waals surface area contributed by atoms with E-state index in [9.17, 15) is 10.2 Å². The smallest absolute Gasteiger partial charge is 0.0558 e. The molecule has 0 spiro atoms. The minimum Gasteiger partial charge on any atom is -0.395 e. The molecule has 3 aliphatic rings. The van der Waals surface area contributed by atoms with Gasteiger partial charge in [0.2, 0.25) is 0 Å². The van der Waals surface area contributed by atoms with Gasteiger partial charge in [0, 0.05) is 22.0 Å². The van der Waals surface area contributed by atoms with Crippen LogP contribution in [0.1, 0.15) is 38.5 Å². The van der Waals surface area contributed by atoms with Crippen LogP contribution in [-0.2, 0) is 0 Å². The number of aliphatic hydroxyl groups excluding tert-OH is 2. The zero-order valence-electron chi connectivity index (χ0n) is 13.1. The molecule has 22 heavy (non-hydrogen) atoms. The van der Waals surface area contributed by atoms with Crippen molar-refractivity contribution in [2.24, 2.45) is 11.8 Å². The Balaban J connectivity index is 1.33. The summed E-state index contributed by atoms with van der Waals surface area (Å²) in [6.07, 6.45) is 8.38. The predicted octanol–water partition coefficient (Wildman–Crippen LogP) is 3.91. The first kappa shape index (κ1) is 18.1. The van der Waals surface area contributed by atoms with Gasteiger partial charge in [0.25, 0.3) is 0 Å². The van der Waals surface area contributed by atoms with Crippen LogP contribution in [0.25, 0.3) is 0 Å². The highest BCUT2D eigenvalue weighted by Crippen LogP contribution is 2.46. The van der Waals surface area contributed by atoms with Crippen molar-refractivity contribution in [2.75, 3.05) is 24.7 Å². The first-order valence-electron chi connectivity index (χ1n) is 8.52. The van der Waals surface area contributed by atoms with Crippen LogP contribution in [0.2, 0.25) is 0 Å². The lowest BCUT2D eigenvalue weighted by molar-refractivity contribution is 0.262. The molecule has 2 nitrogen and oxygen atoms in total. The van der Waals surface area contributed by atoms with Crippen LogP contribution in [0.5, 0.6) is 0 Å². The zero-order chi connectivity index (χ0) is 15.4. The summed E-state index contributed by atoms with van der Waals surface area (Å²) in [4.78, 5) is 0. The summed E-state index contributed by atoms with van der Waals surface area (Å²) in [6, 6.07) is 0. The topological polar surface area (TPSA) is 40.5 Å². The molecule has 3 rings (SSSR count). The molecule has 2 heterocycles. The van der Waals surface area contributed by atoms with Crippen LogP contribution in [0.3, 0.4) is 0 Å². The van der Waals surface area contributed by atoms with Gasteiger partial charge in [-0.15, -0.1) is 47.0 Å². The van der Waals surface area contributed by atoms with Crippen LogP contribution < -0.4 is 0 Å². The maximum Gasteiger partial charge on any atom is 0.0558 e. The minimum atomic E-state index is 0.354. The molecule has 0 aromatic carbocycles. The van der Waals surface area contributed by atoms with Crippen LogP contribution in [0, 0.1) is 11.8 Å². The lowest BCUT2D eigenvalue weighted by atomic mass is 9.80. The maximum absolute atomic E-state index is 9.24. The van der Waals surface area contributed by atoms with Crippen LogP contribution in [0.4, 0.5) is 0 Å². The summed E-state index contributed by atoms with van der Waals surface area (Å²) >= 11 is 8.18. The van der Waals surface area contributed by atoms with Crippen molar-refractivity contribution in [3.63, 3.8) is 0 Å². The minimum absolute atomic E-state index is 0.354. The van der Waals surface area contributed by atoms with E-state index in [2.05, 4.69) is 23.5 Å². The summed E-state index contributed by atoms with van der Waals surface area (Å²) in [5, 5.41) is 19.5. The van der Waals surface area contributed by atoms with E-state index in [1.807, 2.05) is 23.5 Å². The van der Waals surface area contributed by atoms with E-state index in [1.165, 1.54) is 38.5 Å². The Hall–Kier alpha value is 1.32. The van der Waals surface area contributed by atoms with Gasteiger partial charge in [0.1, 0.15) is 0 Å². The van der Waals surface area contributed by atoms with E-state index in [0.717, 1.165) is 32.5 Å². The second kappa shape index (κ2) is 9.14. The first-order valence-corrected chi connectivity index (χ1v) is 12.5. The molecule has 0 radical (unpaired) electrons. The lowest BCUT2D eigenvalue weighted by Crippen LogP contribution is -2.19. The molecule has 2 saturated heterocycles. The van der Waals surface area contributed by atoms with E-state index in [4.69, 9.17) is 0 Å². The Labute approximate surface area is 151 Å². The van der Waals surface area contributed by atoms with Crippen molar-refractivity contribution in [3.8, 4) is 0 Å². The molecule has 2 aliphatic heterocycles. The van der Waals surface area contributed by atoms with Crippen molar-refractivity contribution in [2.45, 2.75) is 58.2 Å². The van der Waals surface area contributed by atoms with Gasteiger partial charge in [0.05, 0.1) is 22.4 Å². The van der Waals surface area contributed by atoms with E-state index in [1.54, 1.807) is 0 Å². The highest BCUT2D eigenvalue weighted by molar-refractivity contribution is 8.20. The lowest BCUT2D eigenvalue weighted by Gasteiger charge is -2.30. The number of hydrogen-bond donors (Lipinski definition) is 2. The number of rotatable bonds is 6. The van der Waals surface area contributed by atoms with Gasteiger partial charge in [-0.1, -0.05) is 25.7 Å². The fraction of sp³-hybridized carbons (Fsp3) is 1.00. The molecule has 0 aromatic rings. The van der Waals surface area contributed by atoms with E-state index in [-0.39, 0.29) is 0 Å². The van der Waals surface area contributed by atoms with Gasteiger partial charge in [-0.05, 0) is 24.7 Å². The third-order valence-corrected chi connectivity index (χ3v) is 11.7. The summed E-state index contributed by atoms with van der Waals surface area (Å²) in [7, 11) is 0. The van der Waals surface area contributed by atoms with Crippen molar-refractivity contribution in [1.82, 2.24) is 0 Å². The molecule has 128 valence electrons. The number of aliphatic hydroxyl groups is 2. The molecule has 4 atom stereocenters. The second-order valence-corrected chi connectivity index (χ2v) is 12.8. The molecular weight excluding hydrogens is 352 g/mol. The summed E-state index contributed by atoms with van der Waals surface area (Å²) in [5.74, 6) is 4.13. The summed E-state index contributed by atoms with van der Waals surface area (Å²) in [6.45, 7) is 0.707. The molecule has 0 aromatic heterocycles. The van der Waals surface area contributed by atoms with Gasteiger partial charge in [-0.25, -0.2) is 0 Å². The molecule has 3 fully saturated rings. The van der Waals surface area contributed by atoms with Gasteiger partial charge < -0.3 is 10.2 Å². The van der Waals surface area contributed by atoms with Gasteiger partial charge >= 0.3 is 0 Å². The Morgan fingerprint density at radius 2 is 1.09 bits per heavy atom. The highest BCUT2D eigenvalue weighted by Gasteiger charge is 2.32. The van der Waals surface area contributed by atoms with Crippen molar-refractivity contribution >= 4 is 47.0 Å². The molecule has 1 saturated carbocycles. The Morgan fingerprint density at radius 3 is 1.41 bits per heavy atom. The molecular formula is C16H28O2S4. The van der Waals surface area contributed by atoms with E-state index < -0.39 is 0 Å². The Morgan fingerprint density at radius 1 is 0.682 bits per heavy atom. The molecule has 1 aliphatic carbocycles. The molecule has 2 N–H and O–H groups in total. The average molecular weight is 381 g/mol. The average Bonchev–Trinajstić information content (AvgIpc) is 3.18. The number of thioether (sulfide) groups is 4. The normalized spacial score (nSPS) is 42.8. The van der Waals surface area contributed by atoms with Crippen molar-refractivity contribution in [3.05, 3.63) is 0 Å². The largest absolute Gasteiger partial charge is 0.395 e. The van der Waals surface area contributed by atoms with Gasteiger partial charge in [0.15, 0.2) is 0 Å². The number of hydrogen-bond acceptors (Lipinski definition) is 6. The monoisotopic (exact) mass is 380 g/mol. The third kappa shape index (κ3) is 5.16. The molecule has 0 bridgehead atoms. The van der Waals surface area contributed by atoms with Crippen molar-refractivity contribution in [1.29, 1.82) is 0 Å². The van der Waals surface area contributed by atoms with Crippen LogP contribution in [0.15, 0.2) is 0 Å². The maximum atomic E-state index is 9.24. The molecule has 0 amide bonds. The summed E-state index contributed by atoms with van der Waals surface area (Å²) < 4.78 is 1.48. The fourth-order valence-corrected chi connectivity index (χ4v) is 10.5. The van der Waals surface area contributed by atoms with E-state index >= 15 is 0 Å². The van der Waals surface area contributed by atoms with E-state index in [0.29, 0.717) is 23.7 Å². The fourth-order valence-electron chi connectivity index (χ4n) is 3.70. The Kier molecular flexibility index (Phi) is 7.53. The van der Waals surface area contributed by atoms with Gasteiger partial charge in [-0.2, -0.15) is 0 Å². The zero-order valence-corrected chi connectivity index (χ0v) is 16.3. The second-order valence-electron chi connectivity index (χ2n) is 6.77. The summed E-state index contributed by atoms with van der Waals surface area (Å²) in [5.41, 5.74) is 0. The van der Waals surface area contributed by atoms with Crippen molar-refractivity contribution < 1.29 is 10.2 Å². The molecule has 6 heteroatoms. The quantitative estimate of drug-likeness (QED) is 0.728. The highest BCUT2D eigenvalue weighted by atomic mass is 32.2. The predicted molar refractivity (Wildman–Crippen MR) is 104 cm³/mol. The Bertz CT molecular complexity index is 304. The SMILES string of the molecule is OCC1CSC(CC2CCC(CC3SCC(CO)S3)CC2)S1. The van der Waals surface area contributed by atoms with Crippen LogP contribution >= 0.6 is 47.0 Å². The first-order chi connectivity index (χ1) is 10.8. The van der Waals surface area contributed by atoms with Crippen LogP contribution in [-0.4, -0.2) is 54.6 Å². The van der Waals surface area contributed by atoms with Gasteiger partial charge in [-0.3, -0.25) is 0 Å².